The van der Waals surface area contributed by atoms with E-state index in [2.05, 4.69) is 15.5 Å². The van der Waals surface area contributed by atoms with Gasteiger partial charge in [0, 0.05) is 0 Å². The van der Waals surface area contributed by atoms with Gasteiger partial charge in [-0.1, -0.05) is 36.0 Å². The summed E-state index contributed by atoms with van der Waals surface area (Å²) in [5.74, 6) is 0.568. The van der Waals surface area contributed by atoms with Crippen molar-refractivity contribution in [2.45, 2.75) is 43.9 Å². The molecule has 8 heteroatoms. The first-order valence-corrected chi connectivity index (χ1v) is 10.0. The van der Waals surface area contributed by atoms with E-state index in [0.29, 0.717) is 11.1 Å². The summed E-state index contributed by atoms with van der Waals surface area (Å²) in [7, 11) is 0. The Morgan fingerprint density at radius 1 is 1.21 bits per heavy atom. The van der Waals surface area contributed by atoms with E-state index in [1.54, 1.807) is 19.1 Å². The van der Waals surface area contributed by atoms with Crippen LogP contribution in [-0.4, -0.2) is 21.4 Å². The maximum atomic E-state index is 13.0. The molecule has 0 saturated heterocycles. The molecule has 1 aromatic heterocycles. The summed E-state index contributed by atoms with van der Waals surface area (Å²) >= 11 is 1.17. The van der Waals surface area contributed by atoms with E-state index in [4.69, 9.17) is 9.15 Å². The highest BCUT2D eigenvalue weighted by Crippen LogP contribution is 2.23. The maximum Gasteiger partial charge on any atom is 0.277 e. The van der Waals surface area contributed by atoms with Gasteiger partial charge in [-0.15, -0.1) is 10.2 Å². The topological polar surface area (TPSA) is 77.2 Å². The average Bonchev–Trinajstić information content (AvgIpc) is 3.14. The molecule has 29 heavy (non-hydrogen) atoms. The molecule has 0 unspecified atom stereocenters. The minimum atomic E-state index is -0.441. The van der Waals surface area contributed by atoms with Gasteiger partial charge in [-0.25, -0.2) is 4.39 Å². The van der Waals surface area contributed by atoms with Crippen LogP contribution in [-0.2, 0) is 11.4 Å². The van der Waals surface area contributed by atoms with Gasteiger partial charge >= 0.3 is 0 Å². The molecule has 0 bridgehead atoms. The lowest BCUT2D eigenvalue weighted by molar-refractivity contribution is -0.120. The zero-order valence-electron chi connectivity index (χ0n) is 16.4. The standard InChI is InChI=1S/C21H22FN3O3S/c1-13-5-4-6-18(11-13)27-12-19-24-25-21(28-19)29-15(3)20(26)23-14(2)16-7-9-17(22)10-8-16/h4-11,14-15H,12H2,1-3H3,(H,23,26)/t14-,15+/m0/s1. The number of carbonyl (C=O) groups is 1. The van der Waals surface area contributed by atoms with Crippen molar-refractivity contribution in [3.05, 3.63) is 71.4 Å². The maximum absolute atomic E-state index is 13.0. The highest BCUT2D eigenvalue weighted by molar-refractivity contribution is 8.00. The van der Waals surface area contributed by atoms with E-state index in [1.807, 2.05) is 38.1 Å². The van der Waals surface area contributed by atoms with Crippen molar-refractivity contribution in [3.63, 3.8) is 0 Å². The molecule has 3 rings (SSSR count). The third kappa shape index (κ3) is 6.05. The molecule has 0 aliphatic rings. The number of benzene rings is 2. The van der Waals surface area contributed by atoms with Crippen molar-refractivity contribution in [2.24, 2.45) is 0 Å². The van der Waals surface area contributed by atoms with E-state index in [-0.39, 0.29) is 24.4 Å². The lowest BCUT2D eigenvalue weighted by Crippen LogP contribution is -2.33. The molecule has 0 spiro atoms. The van der Waals surface area contributed by atoms with Crippen LogP contribution in [0, 0.1) is 12.7 Å². The summed E-state index contributed by atoms with van der Waals surface area (Å²) in [4.78, 5) is 12.4. The van der Waals surface area contributed by atoms with Crippen LogP contribution in [0.4, 0.5) is 4.39 Å². The first-order valence-electron chi connectivity index (χ1n) is 9.15. The Hall–Kier alpha value is -2.87. The second kappa shape index (κ2) is 9.56. The van der Waals surface area contributed by atoms with Gasteiger partial charge < -0.3 is 14.5 Å². The molecule has 0 radical (unpaired) electrons. The van der Waals surface area contributed by atoms with Gasteiger partial charge in [0.2, 0.25) is 5.91 Å². The second-order valence-electron chi connectivity index (χ2n) is 6.61. The van der Waals surface area contributed by atoms with E-state index in [9.17, 15) is 9.18 Å². The van der Waals surface area contributed by atoms with E-state index in [1.165, 1.54) is 23.9 Å². The number of carbonyl (C=O) groups excluding carboxylic acids is 1. The van der Waals surface area contributed by atoms with E-state index >= 15 is 0 Å². The number of thioether (sulfide) groups is 1. The Labute approximate surface area is 172 Å². The number of amides is 1. The third-order valence-electron chi connectivity index (χ3n) is 4.18. The van der Waals surface area contributed by atoms with Crippen LogP contribution in [0.1, 0.15) is 36.9 Å². The molecular weight excluding hydrogens is 393 g/mol. The van der Waals surface area contributed by atoms with E-state index < -0.39 is 5.25 Å². The lowest BCUT2D eigenvalue weighted by Gasteiger charge is -2.16. The quantitative estimate of drug-likeness (QED) is 0.548. The van der Waals surface area contributed by atoms with Gasteiger partial charge in [0.15, 0.2) is 6.61 Å². The number of hydrogen-bond acceptors (Lipinski definition) is 6. The highest BCUT2D eigenvalue weighted by atomic mass is 32.2. The SMILES string of the molecule is Cc1cccc(OCc2nnc(S[C@H](C)C(=O)N[C@@H](C)c3ccc(F)cc3)o2)c1. The van der Waals surface area contributed by atoms with Gasteiger partial charge in [-0.3, -0.25) is 4.79 Å². The predicted molar refractivity (Wildman–Crippen MR) is 108 cm³/mol. The van der Waals surface area contributed by atoms with Gasteiger partial charge in [0.1, 0.15) is 11.6 Å². The number of rotatable bonds is 8. The third-order valence-corrected chi connectivity index (χ3v) is 5.11. The zero-order chi connectivity index (χ0) is 20.8. The first-order chi connectivity index (χ1) is 13.9. The summed E-state index contributed by atoms with van der Waals surface area (Å²) in [6.45, 7) is 5.73. The Balaban J connectivity index is 1.50. The summed E-state index contributed by atoms with van der Waals surface area (Å²) in [6.07, 6.45) is 0. The predicted octanol–water partition coefficient (Wildman–Crippen LogP) is 4.45. The number of aryl methyl sites for hydroxylation is 1. The van der Waals surface area contributed by atoms with Gasteiger partial charge in [-0.2, -0.15) is 0 Å². The molecular formula is C21H22FN3O3S. The first kappa shape index (κ1) is 20.9. The van der Waals surface area contributed by atoms with Gasteiger partial charge in [0.25, 0.3) is 11.1 Å². The fourth-order valence-corrected chi connectivity index (χ4v) is 3.27. The number of nitrogens with one attached hydrogen (secondary N) is 1. The molecule has 1 amide bonds. The van der Waals surface area contributed by atoms with Crippen LogP contribution in [0.3, 0.4) is 0 Å². The van der Waals surface area contributed by atoms with Crippen molar-refractivity contribution in [1.29, 1.82) is 0 Å². The molecule has 1 N–H and O–H groups in total. The molecule has 2 atom stereocenters. The summed E-state index contributed by atoms with van der Waals surface area (Å²) in [5.41, 5.74) is 1.92. The van der Waals surface area contributed by atoms with Crippen molar-refractivity contribution in [3.8, 4) is 5.75 Å². The van der Waals surface area contributed by atoms with Crippen LogP contribution >= 0.6 is 11.8 Å². The van der Waals surface area contributed by atoms with Crippen LogP contribution in [0.2, 0.25) is 0 Å². The minimum Gasteiger partial charge on any atom is -0.484 e. The number of hydrogen-bond donors (Lipinski definition) is 1. The Kier molecular flexibility index (Phi) is 6.87. The fourth-order valence-electron chi connectivity index (χ4n) is 2.56. The fraction of sp³-hybridized carbons (Fsp3) is 0.286. The Morgan fingerprint density at radius 2 is 1.97 bits per heavy atom. The van der Waals surface area contributed by atoms with Crippen molar-refractivity contribution < 1.29 is 18.3 Å². The minimum absolute atomic E-state index is 0.152. The molecule has 2 aromatic carbocycles. The van der Waals surface area contributed by atoms with Crippen molar-refractivity contribution in [2.75, 3.05) is 0 Å². The van der Waals surface area contributed by atoms with Gasteiger partial charge in [0.05, 0.1) is 11.3 Å². The van der Waals surface area contributed by atoms with Gasteiger partial charge in [-0.05, 0) is 56.2 Å². The molecule has 0 saturated carbocycles. The van der Waals surface area contributed by atoms with E-state index in [0.717, 1.165) is 16.9 Å². The van der Waals surface area contributed by atoms with Crippen LogP contribution in [0.15, 0.2) is 58.2 Å². The number of ether oxygens (including phenoxy) is 1. The van der Waals surface area contributed by atoms with Crippen LogP contribution in [0.25, 0.3) is 0 Å². The monoisotopic (exact) mass is 415 g/mol. The summed E-state index contributed by atoms with van der Waals surface area (Å²) < 4.78 is 24.2. The number of nitrogens with zero attached hydrogens (tertiary/aromatic N) is 2. The average molecular weight is 415 g/mol. The summed E-state index contributed by atoms with van der Waals surface area (Å²) in [5, 5.41) is 10.7. The number of halogens is 1. The lowest BCUT2D eigenvalue weighted by atomic mass is 10.1. The summed E-state index contributed by atoms with van der Waals surface area (Å²) in [6, 6.07) is 13.5. The smallest absolute Gasteiger partial charge is 0.277 e. The zero-order valence-corrected chi connectivity index (χ0v) is 17.2. The molecule has 0 fully saturated rings. The molecule has 3 aromatic rings. The molecule has 6 nitrogen and oxygen atoms in total. The van der Waals surface area contributed by atoms with Crippen LogP contribution < -0.4 is 10.1 Å². The Morgan fingerprint density at radius 3 is 2.69 bits per heavy atom. The van der Waals surface area contributed by atoms with Crippen molar-refractivity contribution in [1.82, 2.24) is 15.5 Å². The highest BCUT2D eigenvalue weighted by Gasteiger charge is 2.20. The largest absolute Gasteiger partial charge is 0.484 e. The molecule has 1 heterocycles. The molecule has 0 aliphatic carbocycles. The van der Waals surface area contributed by atoms with Crippen LogP contribution in [0.5, 0.6) is 5.75 Å². The number of aromatic nitrogens is 2. The Bertz CT molecular complexity index is 962. The second-order valence-corrected chi connectivity index (χ2v) is 7.90. The molecule has 0 aliphatic heterocycles. The normalized spacial score (nSPS) is 13.0. The molecule has 152 valence electrons. The van der Waals surface area contributed by atoms with Crippen molar-refractivity contribution >= 4 is 17.7 Å².